The number of aliphatic hydroxyl groups excluding tert-OH is 1. The van der Waals surface area contributed by atoms with E-state index in [0.717, 1.165) is 0 Å². The summed E-state index contributed by atoms with van der Waals surface area (Å²) in [4.78, 5) is 23.1. The summed E-state index contributed by atoms with van der Waals surface area (Å²) < 4.78 is 13.3. The first-order chi connectivity index (χ1) is 9.54. The SMILES string of the molecule is CCC(O)CCNC(=O)CNC(=O)c1ccccc1F. The van der Waals surface area contributed by atoms with Crippen molar-refractivity contribution in [1.29, 1.82) is 0 Å². The van der Waals surface area contributed by atoms with Crippen molar-refractivity contribution in [3.63, 3.8) is 0 Å². The molecule has 0 saturated heterocycles. The highest BCUT2D eigenvalue weighted by molar-refractivity contribution is 5.96. The summed E-state index contributed by atoms with van der Waals surface area (Å²) in [7, 11) is 0. The fourth-order valence-corrected chi connectivity index (χ4v) is 1.55. The average molecular weight is 282 g/mol. The number of nitrogens with one attached hydrogen (secondary N) is 2. The van der Waals surface area contributed by atoms with Crippen LogP contribution < -0.4 is 10.6 Å². The Morgan fingerprint density at radius 1 is 1.30 bits per heavy atom. The van der Waals surface area contributed by atoms with Gasteiger partial charge in [0.1, 0.15) is 5.82 Å². The molecule has 0 aliphatic rings. The number of hydrogen-bond donors (Lipinski definition) is 3. The van der Waals surface area contributed by atoms with Crippen LogP contribution in [0.15, 0.2) is 24.3 Å². The molecule has 1 aromatic carbocycles. The lowest BCUT2D eigenvalue weighted by Gasteiger charge is -2.09. The van der Waals surface area contributed by atoms with Gasteiger partial charge in [0.25, 0.3) is 5.91 Å². The summed E-state index contributed by atoms with van der Waals surface area (Å²) in [6.45, 7) is 1.96. The summed E-state index contributed by atoms with van der Waals surface area (Å²) in [6, 6.07) is 5.56. The van der Waals surface area contributed by atoms with Crippen molar-refractivity contribution in [1.82, 2.24) is 10.6 Å². The highest BCUT2D eigenvalue weighted by atomic mass is 19.1. The van der Waals surface area contributed by atoms with Gasteiger partial charge in [-0.3, -0.25) is 9.59 Å². The van der Waals surface area contributed by atoms with Crippen LogP contribution in [0.1, 0.15) is 30.1 Å². The van der Waals surface area contributed by atoms with Crippen LogP contribution in [-0.4, -0.2) is 36.1 Å². The first kappa shape index (κ1) is 16.1. The highest BCUT2D eigenvalue weighted by Gasteiger charge is 2.11. The largest absolute Gasteiger partial charge is 0.393 e. The van der Waals surface area contributed by atoms with Crippen molar-refractivity contribution in [3.05, 3.63) is 35.6 Å². The van der Waals surface area contributed by atoms with Crippen LogP contribution in [0.5, 0.6) is 0 Å². The monoisotopic (exact) mass is 282 g/mol. The van der Waals surface area contributed by atoms with E-state index in [1.165, 1.54) is 18.2 Å². The van der Waals surface area contributed by atoms with Gasteiger partial charge in [0.2, 0.25) is 5.91 Å². The molecule has 1 unspecified atom stereocenters. The van der Waals surface area contributed by atoms with Crippen LogP contribution in [-0.2, 0) is 4.79 Å². The number of amides is 2. The minimum Gasteiger partial charge on any atom is -0.393 e. The van der Waals surface area contributed by atoms with E-state index < -0.39 is 17.8 Å². The van der Waals surface area contributed by atoms with Crippen LogP contribution >= 0.6 is 0 Å². The lowest BCUT2D eigenvalue weighted by atomic mass is 10.2. The molecule has 1 rings (SSSR count). The lowest BCUT2D eigenvalue weighted by Crippen LogP contribution is -2.38. The predicted molar refractivity (Wildman–Crippen MR) is 72.7 cm³/mol. The second kappa shape index (κ2) is 8.27. The van der Waals surface area contributed by atoms with Crippen molar-refractivity contribution >= 4 is 11.8 Å². The van der Waals surface area contributed by atoms with Gasteiger partial charge < -0.3 is 15.7 Å². The fraction of sp³-hybridized carbons (Fsp3) is 0.429. The number of carbonyl (C=O) groups is 2. The third-order valence-electron chi connectivity index (χ3n) is 2.80. The number of carbonyl (C=O) groups excluding carboxylic acids is 2. The van der Waals surface area contributed by atoms with Gasteiger partial charge in [0.15, 0.2) is 0 Å². The molecule has 0 aromatic heterocycles. The second-order valence-electron chi connectivity index (χ2n) is 4.36. The van der Waals surface area contributed by atoms with E-state index in [1.807, 2.05) is 6.92 Å². The third-order valence-corrected chi connectivity index (χ3v) is 2.80. The minimum atomic E-state index is -0.633. The van der Waals surface area contributed by atoms with Crippen molar-refractivity contribution < 1.29 is 19.1 Å². The molecule has 1 atom stereocenters. The fourth-order valence-electron chi connectivity index (χ4n) is 1.55. The first-order valence-corrected chi connectivity index (χ1v) is 6.52. The lowest BCUT2D eigenvalue weighted by molar-refractivity contribution is -0.120. The van der Waals surface area contributed by atoms with Crippen LogP contribution in [0.3, 0.4) is 0 Å². The van der Waals surface area contributed by atoms with Crippen molar-refractivity contribution in [2.45, 2.75) is 25.9 Å². The molecular weight excluding hydrogens is 263 g/mol. The first-order valence-electron chi connectivity index (χ1n) is 6.52. The number of halogens is 1. The zero-order valence-corrected chi connectivity index (χ0v) is 11.4. The molecule has 0 saturated carbocycles. The van der Waals surface area contributed by atoms with E-state index in [0.29, 0.717) is 19.4 Å². The summed E-state index contributed by atoms with van der Waals surface area (Å²) in [6.07, 6.45) is 0.645. The van der Waals surface area contributed by atoms with Crippen LogP contribution in [0, 0.1) is 5.82 Å². The Morgan fingerprint density at radius 2 is 2.00 bits per heavy atom. The van der Waals surface area contributed by atoms with Gasteiger partial charge in [-0.25, -0.2) is 4.39 Å². The molecule has 110 valence electrons. The second-order valence-corrected chi connectivity index (χ2v) is 4.36. The van der Waals surface area contributed by atoms with Crippen molar-refractivity contribution in [2.24, 2.45) is 0 Å². The Kier molecular flexibility index (Phi) is 6.66. The van der Waals surface area contributed by atoms with E-state index in [1.54, 1.807) is 6.07 Å². The van der Waals surface area contributed by atoms with Gasteiger partial charge >= 0.3 is 0 Å². The van der Waals surface area contributed by atoms with E-state index in [4.69, 9.17) is 0 Å². The van der Waals surface area contributed by atoms with Gasteiger partial charge in [-0.15, -0.1) is 0 Å². The Hall–Kier alpha value is -1.95. The molecule has 0 spiro atoms. The smallest absolute Gasteiger partial charge is 0.254 e. The molecular formula is C14H19FN2O3. The topological polar surface area (TPSA) is 78.4 Å². The molecule has 0 bridgehead atoms. The molecule has 6 heteroatoms. The zero-order chi connectivity index (χ0) is 15.0. The van der Waals surface area contributed by atoms with Gasteiger partial charge in [0.05, 0.1) is 18.2 Å². The number of hydrogen-bond acceptors (Lipinski definition) is 3. The Morgan fingerprint density at radius 3 is 2.65 bits per heavy atom. The molecule has 0 heterocycles. The number of benzene rings is 1. The zero-order valence-electron chi connectivity index (χ0n) is 11.4. The molecule has 2 amide bonds. The van der Waals surface area contributed by atoms with Crippen LogP contribution in [0.25, 0.3) is 0 Å². The van der Waals surface area contributed by atoms with Gasteiger partial charge in [-0.1, -0.05) is 19.1 Å². The van der Waals surface area contributed by atoms with Crippen molar-refractivity contribution in [2.75, 3.05) is 13.1 Å². The van der Waals surface area contributed by atoms with E-state index in [9.17, 15) is 19.1 Å². The van der Waals surface area contributed by atoms with Gasteiger partial charge in [-0.05, 0) is 25.0 Å². The van der Waals surface area contributed by atoms with Crippen LogP contribution in [0.4, 0.5) is 4.39 Å². The average Bonchev–Trinajstić information content (AvgIpc) is 2.45. The van der Waals surface area contributed by atoms with E-state index in [2.05, 4.69) is 10.6 Å². The van der Waals surface area contributed by atoms with E-state index in [-0.39, 0.29) is 18.0 Å². The summed E-state index contributed by atoms with van der Waals surface area (Å²) >= 11 is 0. The van der Waals surface area contributed by atoms with Gasteiger partial charge in [0, 0.05) is 6.54 Å². The molecule has 3 N–H and O–H groups in total. The Labute approximate surface area is 117 Å². The van der Waals surface area contributed by atoms with Crippen molar-refractivity contribution in [3.8, 4) is 0 Å². The predicted octanol–water partition coefficient (Wildman–Crippen LogP) is 0.833. The maximum Gasteiger partial charge on any atom is 0.254 e. The normalized spacial score (nSPS) is 11.8. The minimum absolute atomic E-state index is 0.0956. The number of rotatable bonds is 7. The maximum absolute atomic E-state index is 13.3. The summed E-state index contributed by atoms with van der Waals surface area (Å²) in [5, 5.41) is 14.2. The Bertz CT molecular complexity index is 465. The molecule has 0 aliphatic heterocycles. The molecule has 0 fully saturated rings. The molecule has 5 nitrogen and oxygen atoms in total. The maximum atomic E-state index is 13.3. The quantitative estimate of drug-likeness (QED) is 0.693. The Balaban J connectivity index is 2.31. The van der Waals surface area contributed by atoms with E-state index >= 15 is 0 Å². The third kappa shape index (κ3) is 5.36. The standard InChI is InChI=1S/C14H19FN2O3/c1-2-10(18)7-8-16-13(19)9-17-14(20)11-5-3-4-6-12(11)15/h3-6,10,18H,2,7-9H2,1H3,(H,16,19)(H,17,20). The summed E-state index contributed by atoms with van der Waals surface area (Å²) in [5.74, 6) is -1.64. The molecule has 1 aromatic rings. The molecule has 0 radical (unpaired) electrons. The summed E-state index contributed by atoms with van der Waals surface area (Å²) in [5.41, 5.74) is -0.0956. The molecule has 20 heavy (non-hydrogen) atoms. The highest BCUT2D eigenvalue weighted by Crippen LogP contribution is 2.05. The number of aliphatic hydroxyl groups is 1. The van der Waals surface area contributed by atoms with Gasteiger partial charge in [-0.2, -0.15) is 0 Å². The van der Waals surface area contributed by atoms with Crippen LogP contribution in [0.2, 0.25) is 0 Å². The molecule has 0 aliphatic carbocycles.